The molecule has 0 heterocycles. The minimum atomic E-state index is -0.461. The molecule has 0 aliphatic rings. The summed E-state index contributed by atoms with van der Waals surface area (Å²) in [5.41, 5.74) is 0.130. The van der Waals surface area contributed by atoms with Gasteiger partial charge in [0.05, 0.1) is 0 Å². The van der Waals surface area contributed by atoms with E-state index >= 15 is 0 Å². The molecule has 3 nitrogen and oxygen atoms in total. The van der Waals surface area contributed by atoms with Gasteiger partial charge in [0.2, 0.25) is 0 Å². The summed E-state index contributed by atoms with van der Waals surface area (Å²) in [4.78, 5) is 11.4. The molecule has 98 valence electrons. The van der Waals surface area contributed by atoms with Crippen molar-refractivity contribution in [3.63, 3.8) is 0 Å². The van der Waals surface area contributed by atoms with Gasteiger partial charge in [0, 0.05) is 18.5 Å². The maximum absolute atomic E-state index is 13.7. The SMILES string of the molecule is C=CCNC(=O)NCC(C)(C)c1ccccc1F. The molecule has 0 unspecified atom stereocenters. The van der Waals surface area contributed by atoms with Crippen molar-refractivity contribution >= 4 is 6.03 Å². The fraction of sp³-hybridized carbons (Fsp3) is 0.357. The van der Waals surface area contributed by atoms with Crippen molar-refractivity contribution in [2.45, 2.75) is 19.3 Å². The summed E-state index contributed by atoms with van der Waals surface area (Å²) < 4.78 is 13.7. The molecule has 2 amide bonds. The zero-order chi connectivity index (χ0) is 13.6. The van der Waals surface area contributed by atoms with Crippen LogP contribution in [0.2, 0.25) is 0 Å². The predicted octanol–water partition coefficient (Wildman–Crippen LogP) is 2.59. The van der Waals surface area contributed by atoms with Gasteiger partial charge in [-0.25, -0.2) is 9.18 Å². The Hall–Kier alpha value is -1.84. The third kappa shape index (κ3) is 3.87. The van der Waals surface area contributed by atoms with Crippen molar-refractivity contribution in [3.05, 3.63) is 48.3 Å². The van der Waals surface area contributed by atoms with Gasteiger partial charge in [-0.1, -0.05) is 38.1 Å². The van der Waals surface area contributed by atoms with Gasteiger partial charge in [-0.05, 0) is 11.6 Å². The average Bonchev–Trinajstić information content (AvgIpc) is 2.34. The minimum absolute atomic E-state index is 0.254. The van der Waals surface area contributed by atoms with Gasteiger partial charge in [0.15, 0.2) is 0 Å². The van der Waals surface area contributed by atoms with Gasteiger partial charge in [-0.15, -0.1) is 6.58 Å². The highest BCUT2D eigenvalue weighted by Crippen LogP contribution is 2.24. The monoisotopic (exact) mass is 250 g/mol. The highest BCUT2D eigenvalue weighted by atomic mass is 19.1. The third-order valence-electron chi connectivity index (χ3n) is 2.70. The fourth-order valence-corrected chi connectivity index (χ4v) is 1.63. The lowest BCUT2D eigenvalue weighted by Gasteiger charge is -2.26. The van der Waals surface area contributed by atoms with E-state index in [2.05, 4.69) is 17.2 Å². The molecule has 1 rings (SSSR count). The zero-order valence-electron chi connectivity index (χ0n) is 10.8. The Morgan fingerprint density at radius 2 is 2.06 bits per heavy atom. The Balaban J connectivity index is 2.62. The first kappa shape index (κ1) is 14.2. The number of urea groups is 1. The second-order valence-electron chi connectivity index (χ2n) is 4.72. The van der Waals surface area contributed by atoms with E-state index in [0.717, 1.165) is 0 Å². The lowest BCUT2D eigenvalue weighted by molar-refractivity contribution is 0.239. The number of amides is 2. The summed E-state index contributed by atoms with van der Waals surface area (Å²) in [6, 6.07) is 6.32. The summed E-state index contributed by atoms with van der Waals surface area (Å²) in [6.45, 7) is 8.05. The van der Waals surface area contributed by atoms with Gasteiger partial charge < -0.3 is 10.6 Å². The molecule has 4 heteroatoms. The number of halogens is 1. The molecule has 0 atom stereocenters. The van der Waals surface area contributed by atoms with Crippen LogP contribution in [0, 0.1) is 5.82 Å². The van der Waals surface area contributed by atoms with Crippen LogP contribution in [0.4, 0.5) is 9.18 Å². The zero-order valence-corrected chi connectivity index (χ0v) is 10.8. The Bertz CT molecular complexity index is 430. The molecule has 0 spiro atoms. The van der Waals surface area contributed by atoms with Crippen LogP contribution < -0.4 is 10.6 Å². The highest BCUT2D eigenvalue weighted by molar-refractivity contribution is 5.74. The number of hydrogen-bond acceptors (Lipinski definition) is 1. The molecule has 2 N–H and O–H groups in total. The minimum Gasteiger partial charge on any atom is -0.337 e. The molecule has 0 saturated carbocycles. The first-order chi connectivity index (χ1) is 8.47. The second-order valence-corrected chi connectivity index (χ2v) is 4.72. The van der Waals surface area contributed by atoms with E-state index in [4.69, 9.17) is 0 Å². The average molecular weight is 250 g/mol. The standard InChI is InChI=1S/C14H19FN2O/c1-4-9-16-13(18)17-10-14(2,3)11-7-5-6-8-12(11)15/h4-8H,1,9-10H2,2-3H3,(H2,16,17,18). The lowest BCUT2D eigenvalue weighted by atomic mass is 9.84. The van der Waals surface area contributed by atoms with Crippen LogP contribution in [0.15, 0.2) is 36.9 Å². The van der Waals surface area contributed by atoms with Crippen molar-refractivity contribution in [1.82, 2.24) is 10.6 Å². The molecular weight excluding hydrogens is 231 g/mol. The summed E-state index contributed by atoms with van der Waals surface area (Å²) in [6.07, 6.45) is 1.60. The van der Waals surface area contributed by atoms with Crippen molar-refractivity contribution in [2.75, 3.05) is 13.1 Å². The van der Waals surface area contributed by atoms with Crippen LogP contribution in [-0.4, -0.2) is 19.1 Å². The van der Waals surface area contributed by atoms with E-state index < -0.39 is 5.41 Å². The maximum Gasteiger partial charge on any atom is 0.315 e. The van der Waals surface area contributed by atoms with Crippen LogP contribution in [0.1, 0.15) is 19.4 Å². The Morgan fingerprint density at radius 1 is 1.39 bits per heavy atom. The van der Waals surface area contributed by atoms with E-state index in [1.807, 2.05) is 13.8 Å². The van der Waals surface area contributed by atoms with Crippen molar-refractivity contribution in [1.29, 1.82) is 0 Å². The number of benzene rings is 1. The van der Waals surface area contributed by atoms with Crippen LogP contribution in [0.5, 0.6) is 0 Å². The second kappa shape index (κ2) is 6.19. The van der Waals surface area contributed by atoms with E-state index in [0.29, 0.717) is 18.7 Å². The molecule has 0 aliphatic carbocycles. The summed E-state index contributed by atoms with van der Waals surface area (Å²) in [5, 5.41) is 5.33. The van der Waals surface area contributed by atoms with E-state index in [-0.39, 0.29) is 11.8 Å². The number of carbonyl (C=O) groups excluding carboxylic acids is 1. The van der Waals surface area contributed by atoms with Crippen LogP contribution in [0.25, 0.3) is 0 Å². The molecule has 0 saturated heterocycles. The summed E-state index contributed by atoms with van der Waals surface area (Å²) >= 11 is 0. The highest BCUT2D eigenvalue weighted by Gasteiger charge is 2.24. The molecule has 0 bridgehead atoms. The number of rotatable bonds is 5. The van der Waals surface area contributed by atoms with Gasteiger partial charge in [0.25, 0.3) is 0 Å². The van der Waals surface area contributed by atoms with E-state index in [9.17, 15) is 9.18 Å². The van der Waals surface area contributed by atoms with Crippen LogP contribution in [-0.2, 0) is 5.41 Å². The quantitative estimate of drug-likeness (QED) is 0.775. The van der Waals surface area contributed by atoms with Crippen molar-refractivity contribution < 1.29 is 9.18 Å². The van der Waals surface area contributed by atoms with Crippen LogP contribution in [0.3, 0.4) is 0 Å². The third-order valence-corrected chi connectivity index (χ3v) is 2.70. The normalized spacial score (nSPS) is 10.8. The first-order valence-corrected chi connectivity index (χ1v) is 5.85. The fourth-order valence-electron chi connectivity index (χ4n) is 1.63. The molecule has 1 aromatic carbocycles. The number of hydrogen-bond donors (Lipinski definition) is 2. The predicted molar refractivity (Wildman–Crippen MR) is 71.0 cm³/mol. The molecule has 0 aromatic heterocycles. The van der Waals surface area contributed by atoms with Gasteiger partial charge in [-0.2, -0.15) is 0 Å². The molecule has 0 fully saturated rings. The largest absolute Gasteiger partial charge is 0.337 e. The van der Waals surface area contributed by atoms with E-state index in [1.54, 1.807) is 24.3 Å². The number of nitrogens with one attached hydrogen (secondary N) is 2. The summed E-state index contributed by atoms with van der Waals surface area (Å²) in [7, 11) is 0. The molecule has 0 aliphatic heterocycles. The summed E-state index contributed by atoms with van der Waals surface area (Å²) in [5.74, 6) is -0.254. The smallest absolute Gasteiger partial charge is 0.315 e. The van der Waals surface area contributed by atoms with Crippen molar-refractivity contribution in [3.8, 4) is 0 Å². The maximum atomic E-state index is 13.7. The van der Waals surface area contributed by atoms with Crippen molar-refractivity contribution in [2.24, 2.45) is 0 Å². The molecule has 1 aromatic rings. The van der Waals surface area contributed by atoms with Crippen LogP contribution >= 0.6 is 0 Å². The van der Waals surface area contributed by atoms with E-state index in [1.165, 1.54) is 6.07 Å². The Labute approximate surface area is 107 Å². The Kier molecular flexibility index (Phi) is 4.89. The molecule has 0 radical (unpaired) electrons. The topological polar surface area (TPSA) is 41.1 Å². The number of carbonyl (C=O) groups is 1. The van der Waals surface area contributed by atoms with Gasteiger partial charge >= 0.3 is 6.03 Å². The lowest BCUT2D eigenvalue weighted by Crippen LogP contribution is -2.42. The van der Waals surface area contributed by atoms with Gasteiger partial charge in [0.1, 0.15) is 5.82 Å². The first-order valence-electron chi connectivity index (χ1n) is 5.85. The Morgan fingerprint density at radius 3 is 2.67 bits per heavy atom. The molecular formula is C14H19FN2O. The molecule has 18 heavy (non-hydrogen) atoms. The van der Waals surface area contributed by atoms with Gasteiger partial charge in [-0.3, -0.25) is 0 Å².